The number of thioether (sulfide) groups is 1. The lowest BCUT2D eigenvalue weighted by Gasteiger charge is -2.36. The molecule has 37 heavy (non-hydrogen) atoms. The number of alkyl halides is 3. The summed E-state index contributed by atoms with van der Waals surface area (Å²) in [5.74, 6) is 0.179. The highest BCUT2D eigenvalue weighted by molar-refractivity contribution is 8.00. The Morgan fingerprint density at radius 2 is 1.84 bits per heavy atom. The third-order valence-corrected chi connectivity index (χ3v) is 8.10. The van der Waals surface area contributed by atoms with Crippen molar-refractivity contribution in [1.82, 2.24) is 14.8 Å². The van der Waals surface area contributed by atoms with Crippen molar-refractivity contribution in [2.75, 3.05) is 56.0 Å². The number of carbonyl (C=O) groups excluding carboxylic acids is 1. The average molecular weight is 556 g/mol. The molecule has 1 aromatic heterocycles. The molecule has 0 saturated carbocycles. The number of aromatic nitrogens is 1. The van der Waals surface area contributed by atoms with Gasteiger partial charge in [-0.1, -0.05) is 11.6 Å². The normalized spacial score (nSPS) is 17.8. The van der Waals surface area contributed by atoms with Gasteiger partial charge in [0.05, 0.1) is 16.9 Å². The molecule has 0 bridgehead atoms. The number of piperazine rings is 1. The lowest BCUT2D eigenvalue weighted by atomic mass is 10.0. The Balaban J connectivity index is 1.14. The summed E-state index contributed by atoms with van der Waals surface area (Å²) in [5.41, 5.74) is -1.59. The zero-order chi connectivity index (χ0) is 26.4. The third-order valence-electron chi connectivity index (χ3n) is 6.87. The smallest absolute Gasteiger partial charge is 0.382 e. The van der Waals surface area contributed by atoms with Gasteiger partial charge in [0.25, 0.3) is 0 Å². The zero-order valence-corrected chi connectivity index (χ0v) is 22.5. The number of nitrogens with zero attached hydrogens (tertiary/aromatic N) is 4. The first kappa shape index (κ1) is 27.9. The number of halogens is 4. The van der Waals surface area contributed by atoms with E-state index in [-0.39, 0.29) is 33.6 Å². The van der Waals surface area contributed by atoms with Crippen molar-refractivity contribution in [2.45, 2.75) is 49.1 Å². The van der Waals surface area contributed by atoms with Gasteiger partial charge in [0, 0.05) is 68.0 Å². The van der Waals surface area contributed by atoms with Crippen LogP contribution in [-0.2, 0) is 4.79 Å². The third kappa shape index (κ3) is 8.41. The number of aryl methyl sites for hydroxylation is 1. The van der Waals surface area contributed by atoms with Crippen molar-refractivity contribution in [3.63, 3.8) is 0 Å². The van der Waals surface area contributed by atoms with Gasteiger partial charge in [-0.15, -0.1) is 0 Å². The van der Waals surface area contributed by atoms with Crippen LogP contribution in [0.5, 0.6) is 0 Å². The fourth-order valence-corrected chi connectivity index (χ4v) is 5.63. The van der Waals surface area contributed by atoms with Gasteiger partial charge in [-0.05, 0) is 74.8 Å². The number of anilines is 2. The van der Waals surface area contributed by atoms with Crippen LogP contribution in [0.3, 0.4) is 0 Å². The van der Waals surface area contributed by atoms with Crippen molar-refractivity contribution in [2.24, 2.45) is 0 Å². The molecule has 2 saturated heterocycles. The van der Waals surface area contributed by atoms with Crippen molar-refractivity contribution >= 4 is 40.6 Å². The van der Waals surface area contributed by atoms with Crippen LogP contribution in [0, 0.1) is 6.92 Å². The maximum atomic E-state index is 12.8. The van der Waals surface area contributed by atoms with Gasteiger partial charge >= 0.3 is 5.51 Å². The first-order chi connectivity index (χ1) is 17.7. The molecule has 0 atom stereocenters. The average Bonchev–Trinajstić information content (AvgIpc) is 2.86. The molecule has 1 aromatic carbocycles. The SMILES string of the molecule is Cc1ccc(N2CCN(CCCC(=O)N3CCC(Nc4ccc(Cl)c(SC(F)(F)F)c4)CC3)CC2)cn1. The molecule has 0 unspecified atom stereocenters. The molecule has 4 rings (SSSR count). The van der Waals surface area contributed by atoms with Crippen molar-refractivity contribution in [1.29, 1.82) is 0 Å². The van der Waals surface area contributed by atoms with E-state index in [1.54, 1.807) is 6.07 Å². The molecule has 3 heterocycles. The second kappa shape index (κ2) is 12.6. The molecular formula is C26H33ClF3N5OS. The Bertz CT molecular complexity index is 1040. The van der Waals surface area contributed by atoms with Gasteiger partial charge < -0.3 is 15.1 Å². The summed E-state index contributed by atoms with van der Waals surface area (Å²) in [6, 6.07) is 8.88. The number of rotatable bonds is 8. The van der Waals surface area contributed by atoms with E-state index < -0.39 is 5.51 Å². The van der Waals surface area contributed by atoms with Crippen LogP contribution in [0.25, 0.3) is 0 Å². The number of piperidine rings is 1. The van der Waals surface area contributed by atoms with E-state index in [0.29, 0.717) is 25.2 Å². The standard InChI is InChI=1S/C26H33ClF3N5OS/c1-19-4-6-22(18-31-19)34-15-13-33(14-16-34)10-2-3-25(36)35-11-8-20(9-12-35)32-21-5-7-23(27)24(17-21)37-26(28,29)30/h4-7,17-18,20,32H,2-3,8-16H2,1H3. The van der Waals surface area contributed by atoms with Crippen LogP contribution in [0.2, 0.25) is 5.02 Å². The van der Waals surface area contributed by atoms with E-state index in [1.165, 1.54) is 12.1 Å². The molecule has 2 aliphatic rings. The van der Waals surface area contributed by atoms with Crippen molar-refractivity contribution in [3.05, 3.63) is 47.2 Å². The quantitative estimate of drug-likeness (QED) is 0.424. The molecule has 2 fully saturated rings. The second-order valence-corrected chi connectivity index (χ2v) is 11.1. The number of carbonyl (C=O) groups is 1. The Labute approximate surface area is 225 Å². The molecule has 1 amide bonds. The van der Waals surface area contributed by atoms with Crippen molar-refractivity contribution < 1.29 is 18.0 Å². The summed E-state index contributed by atoms with van der Waals surface area (Å²) in [4.78, 5) is 23.8. The van der Waals surface area contributed by atoms with Crippen LogP contribution >= 0.6 is 23.4 Å². The van der Waals surface area contributed by atoms with Crippen LogP contribution in [0.15, 0.2) is 41.4 Å². The molecule has 0 spiro atoms. The zero-order valence-electron chi connectivity index (χ0n) is 20.9. The van der Waals surface area contributed by atoms with E-state index in [1.807, 2.05) is 24.1 Å². The maximum absolute atomic E-state index is 12.8. The summed E-state index contributed by atoms with van der Waals surface area (Å²) in [7, 11) is 0. The molecule has 202 valence electrons. The minimum absolute atomic E-state index is 0.0136. The minimum Gasteiger partial charge on any atom is -0.382 e. The fraction of sp³-hybridized carbons (Fsp3) is 0.538. The fourth-order valence-electron chi connectivity index (χ4n) is 4.79. The minimum atomic E-state index is -4.39. The van der Waals surface area contributed by atoms with Gasteiger partial charge in [-0.3, -0.25) is 14.7 Å². The molecule has 0 radical (unpaired) electrons. The van der Waals surface area contributed by atoms with Crippen LogP contribution in [0.1, 0.15) is 31.4 Å². The van der Waals surface area contributed by atoms with Gasteiger partial charge in [0.1, 0.15) is 0 Å². The van der Waals surface area contributed by atoms with Gasteiger partial charge in [0.15, 0.2) is 0 Å². The first-order valence-electron chi connectivity index (χ1n) is 12.7. The molecule has 11 heteroatoms. The Hall–Kier alpha value is -2.17. The van der Waals surface area contributed by atoms with Gasteiger partial charge in [0.2, 0.25) is 5.91 Å². The predicted octanol–water partition coefficient (Wildman–Crippen LogP) is 5.66. The first-order valence-corrected chi connectivity index (χ1v) is 13.9. The number of benzene rings is 1. The molecule has 2 aromatic rings. The maximum Gasteiger partial charge on any atom is 0.446 e. The van der Waals surface area contributed by atoms with Gasteiger partial charge in [-0.25, -0.2) is 0 Å². The number of likely N-dealkylation sites (tertiary alicyclic amines) is 1. The molecule has 0 aliphatic carbocycles. The van der Waals surface area contributed by atoms with E-state index in [9.17, 15) is 18.0 Å². The topological polar surface area (TPSA) is 51.7 Å². The van der Waals surface area contributed by atoms with E-state index in [0.717, 1.165) is 63.4 Å². The number of hydrogen-bond acceptors (Lipinski definition) is 6. The van der Waals surface area contributed by atoms with Crippen LogP contribution < -0.4 is 10.2 Å². The summed E-state index contributed by atoms with van der Waals surface area (Å²) >= 11 is 5.72. The lowest BCUT2D eigenvalue weighted by Crippen LogP contribution is -2.47. The number of nitrogens with one attached hydrogen (secondary N) is 1. The highest BCUT2D eigenvalue weighted by Gasteiger charge is 2.30. The Morgan fingerprint density at radius 3 is 2.49 bits per heavy atom. The summed E-state index contributed by atoms with van der Waals surface area (Å²) in [6.45, 7) is 8.09. The summed E-state index contributed by atoms with van der Waals surface area (Å²) < 4.78 is 38.3. The number of pyridine rings is 1. The molecular weight excluding hydrogens is 523 g/mol. The largest absolute Gasteiger partial charge is 0.446 e. The monoisotopic (exact) mass is 555 g/mol. The number of amides is 1. The van der Waals surface area contributed by atoms with E-state index in [2.05, 4.69) is 26.2 Å². The highest BCUT2D eigenvalue weighted by atomic mass is 35.5. The van der Waals surface area contributed by atoms with Crippen LogP contribution in [-0.4, -0.2) is 78.1 Å². The van der Waals surface area contributed by atoms with Crippen molar-refractivity contribution in [3.8, 4) is 0 Å². The van der Waals surface area contributed by atoms with Gasteiger partial charge in [-0.2, -0.15) is 13.2 Å². The molecule has 6 nitrogen and oxygen atoms in total. The molecule has 1 N–H and O–H groups in total. The molecule has 2 aliphatic heterocycles. The van der Waals surface area contributed by atoms with E-state index >= 15 is 0 Å². The Kier molecular flexibility index (Phi) is 9.47. The summed E-state index contributed by atoms with van der Waals surface area (Å²) in [6.07, 6.45) is 4.82. The lowest BCUT2D eigenvalue weighted by molar-refractivity contribution is -0.132. The van der Waals surface area contributed by atoms with Crippen LogP contribution in [0.4, 0.5) is 24.5 Å². The Morgan fingerprint density at radius 1 is 1.11 bits per heavy atom. The second-order valence-electron chi connectivity index (χ2n) is 9.58. The predicted molar refractivity (Wildman–Crippen MR) is 143 cm³/mol. The highest BCUT2D eigenvalue weighted by Crippen LogP contribution is 2.41. The van der Waals surface area contributed by atoms with E-state index in [4.69, 9.17) is 11.6 Å². The summed E-state index contributed by atoms with van der Waals surface area (Å²) in [5, 5.41) is 3.39. The number of hydrogen-bond donors (Lipinski definition) is 1.